The van der Waals surface area contributed by atoms with Crippen LogP contribution in [0.15, 0.2) is 0 Å². The predicted octanol–water partition coefficient (Wildman–Crippen LogP) is 5.26. The summed E-state index contributed by atoms with van der Waals surface area (Å²) in [6.45, 7) is -0.0271. The Balaban J connectivity index is 3.49. The minimum absolute atomic E-state index is 0.0271. The highest BCUT2D eigenvalue weighted by Gasteiger charge is 2.56. The highest BCUT2D eigenvalue weighted by Crippen LogP contribution is 2.38. The lowest BCUT2D eigenvalue weighted by atomic mass is 10.1. The third kappa shape index (κ3) is 12.0. The topological polar surface area (TPSA) is 43.0 Å². The van der Waals surface area contributed by atoms with Gasteiger partial charge in [-0.1, -0.05) is 43.3 Å². The minimum atomic E-state index is -5.53. The minimum Gasteiger partial charge on any atom is -0.616 e. The Morgan fingerprint density at radius 1 is 0.696 bits per heavy atom. The molecule has 0 heterocycles. The molecule has 0 saturated carbocycles. The molecule has 0 aliphatic heterocycles. The first-order valence-corrected chi connectivity index (χ1v) is 9.57. The van der Waals surface area contributed by atoms with Crippen LogP contribution in [-0.4, -0.2) is 34.8 Å². The fourth-order valence-electron chi connectivity index (χ4n) is 2.12. The second-order valence-corrected chi connectivity index (χ2v) is 7.38. The third-order valence-corrected chi connectivity index (χ3v) is 5.03. The molecule has 0 aromatic heterocycles. The van der Waals surface area contributed by atoms with E-state index in [1.54, 1.807) is 0 Å². The van der Waals surface area contributed by atoms with Crippen molar-refractivity contribution in [2.24, 2.45) is 0 Å². The van der Waals surface area contributed by atoms with Crippen LogP contribution in [0.3, 0.4) is 0 Å². The summed E-state index contributed by atoms with van der Waals surface area (Å²) >= 11 is -1.33. The fraction of sp³-hybridized carbons (Fsp3) is 1.00. The van der Waals surface area contributed by atoms with E-state index in [2.05, 4.69) is 0 Å². The zero-order chi connectivity index (χ0) is 17.8. The monoisotopic (exact) mass is 365 g/mol. The van der Waals surface area contributed by atoms with Crippen LogP contribution in [0.5, 0.6) is 0 Å². The van der Waals surface area contributed by atoms with E-state index in [-0.39, 0.29) is 12.4 Å². The molecular weight excluding hydrogens is 339 g/mol. The first-order valence-electron chi connectivity index (χ1n) is 8.08. The molecule has 0 amide bonds. The fourth-order valence-corrected chi connectivity index (χ4v) is 3.32. The molecule has 0 bridgehead atoms. The van der Waals surface area contributed by atoms with E-state index in [0.717, 1.165) is 38.5 Å². The number of halogens is 5. The molecule has 0 spiro atoms. The van der Waals surface area contributed by atoms with E-state index in [9.17, 15) is 31.6 Å². The van der Waals surface area contributed by atoms with Crippen LogP contribution >= 0.6 is 0 Å². The zero-order valence-corrected chi connectivity index (χ0v) is 14.1. The predicted molar refractivity (Wildman–Crippen MR) is 80.6 cm³/mol. The molecule has 8 heteroatoms. The summed E-state index contributed by atoms with van der Waals surface area (Å²) in [5.74, 6) is -4.45. The summed E-state index contributed by atoms with van der Waals surface area (Å²) in [5, 5.41) is 10.2. The summed E-state index contributed by atoms with van der Waals surface area (Å²) in [6, 6.07) is 0. The Hall–Kier alpha value is -0.0800. The van der Waals surface area contributed by atoms with Gasteiger partial charge < -0.3 is 4.55 Å². The van der Waals surface area contributed by atoms with Gasteiger partial charge in [0.25, 0.3) is 0 Å². The molecule has 0 aliphatic rings. The lowest BCUT2D eigenvalue weighted by Crippen LogP contribution is -2.36. The van der Waals surface area contributed by atoms with Crippen LogP contribution in [0.1, 0.15) is 64.2 Å². The maximum Gasteiger partial charge on any atom is 0.453 e. The molecule has 0 fully saturated rings. The molecule has 0 aromatic rings. The van der Waals surface area contributed by atoms with E-state index in [0.29, 0.717) is 18.6 Å². The van der Waals surface area contributed by atoms with Crippen LogP contribution in [0.4, 0.5) is 22.0 Å². The van der Waals surface area contributed by atoms with E-state index in [1.165, 1.54) is 0 Å². The van der Waals surface area contributed by atoms with Gasteiger partial charge in [0, 0.05) is 6.42 Å². The number of hydrogen-bond donors (Lipinski definition) is 0. The van der Waals surface area contributed by atoms with E-state index in [4.69, 9.17) is 0 Å². The average Bonchev–Trinajstić information content (AvgIpc) is 2.44. The first-order chi connectivity index (χ1) is 10.7. The highest BCUT2D eigenvalue weighted by atomic mass is 32.2. The molecule has 0 N–H and O–H groups in total. The molecule has 1 radical (unpaired) electrons. The lowest BCUT2D eigenvalue weighted by molar-refractivity contribution is -0.284. The van der Waals surface area contributed by atoms with Gasteiger partial charge in [-0.3, -0.25) is 0 Å². The van der Waals surface area contributed by atoms with Crippen molar-refractivity contribution in [2.75, 3.05) is 18.1 Å². The standard InChI is InChI=1S/C15H26F5O2S/c16-14(17,15(18,19)20)10-9-13-23(22)12-8-6-4-2-1-3-5-7-11-21/h1-13H2. The normalized spacial score (nSPS) is 14.2. The van der Waals surface area contributed by atoms with Gasteiger partial charge in [-0.2, -0.15) is 22.0 Å². The molecule has 0 rings (SSSR count). The quantitative estimate of drug-likeness (QED) is 0.235. The number of unbranched alkanes of at least 4 members (excludes halogenated alkanes) is 7. The summed E-state index contributed by atoms with van der Waals surface area (Å²) in [7, 11) is 0. The van der Waals surface area contributed by atoms with E-state index < -0.39 is 36.1 Å². The van der Waals surface area contributed by atoms with Crippen molar-refractivity contribution in [3.05, 3.63) is 0 Å². The highest BCUT2D eigenvalue weighted by molar-refractivity contribution is 7.91. The van der Waals surface area contributed by atoms with Crippen LogP contribution in [0.25, 0.3) is 0 Å². The molecular formula is C15H26F5O2S. The number of hydrogen-bond acceptors (Lipinski definition) is 1. The number of alkyl halides is 5. The van der Waals surface area contributed by atoms with Crippen LogP contribution in [0.2, 0.25) is 0 Å². The summed E-state index contributed by atoms with van der Waals surface area (Å²) < 4.78 is 72.6. The Kier molecular flexibility index (Phi) is 12.3. The lowest BCUT2D eigenvalue weighted by Gasteiger charge is -2.19. The van der Waals surface area contributed by atoms with Crippen LogP contribution in [-0.2, 0) is 16.3 Å². The zero-order valence-electron chi connectivity index (χ0n) is 13.3. The average molecular weight is 365 g/mol. The smallest absolute Gasteiger partial charge is 0.453 e. The largest absolute Gasteiger partial charge is 0.616 e. The Morgan fingerprint density at radius 2 is 1.13 bits per heavy atom. The summed E-state index contributed by atoms with van der Waals surface area (Å²) in [6.07, 6.45) is 0.172. The van der Waals surface area contributed by atoms with Gasteiger partial charge in [0.1, 0.15) is 11.5 Å². The van der Waals surface area contributed by atoms with Crippen molar-refractivity contribution < 1.29 is 31.6 Å². The Morgan fingerprint density at radius 3 is 1.61 bits per heavy atom. The second kappa shape index (κ2) is 12.3. The van der Waals surface area contributed by atoms with Gasteiger partial charge >= 0.3 is 12.1 Å². The van der Waals surface area contributed by atoms with Crippen LogP contribution in [0, 0.1) is 0 Å². The molecule has 2 nitrogen and oxygen atoms in total. The van der Waals surface area contributed by atoms with Crippen molar-refractivity contribution in [2.45, 2.75) is 76.3 Å². The van der Waals surface area contributed by atoms with Gasteiger partial charge in [0.2, 0.25) is 0 Å². The van der Waals surface area contributed by atoms with Crippen molar-refractivity contribution in [3.8, 4) is 0 Å². The third-order valence-electron chi connectivity index (χ3n) is 3.54. The molecule has 0 saturated heterocycles. The molecule has 0 aromatic carbocycles. The van der Waals surface area contributed by atoms with Gasteiger partial charge in [-0.05, 0) is 25.7 Å². The second-order valence-electron chi connectivity index (χ2n) is 5.69. The maximum atomic E-state index is 12.6. The number of rotatable bonds is 14. The Bertz CT molecular complexity index is 288. The van der Waals surface area contributed by atoms with E-state index >= 15 is 0 Å². The van der Waals surface area contributed by atoms with Crippen LogP contribution < -0.4 is 0 Å². The summed E-state index contributed by atoms with van der Waals surface area (Å²) in [4.78, 5) is 0. The summed E-state index contributed by atoms with van der Waals surface area (Å²) in [5.41, 5.74) is 0. The first kappa shape index (κ1) is 22.9. The van der Waals surface area contributed by atoms with Gasteiger partial charge in [-0.15, -0.1) is 0 Å². The molecule has 139 valence electrons. The maximum absolute atomic E-state index is 12.6. The molecule has 0 aliphatic carbocycles. The van der Waals surface area contributed by atoms with Crippen molar-refractivity contribution in [3.63, 3.8) is 0 Å². The SMILES string of the molecule is [O]CCCCCCCCCC[S+]([O-])CCCC(F)(F)C(F)(F)F. The van der Waals surface area contributed by atoms with Crippen molar-refractivity contribution in [1.29, 1.82) is 0 Å². The van der Waals surface area contributed by atoms with Gasteiger partial charge in [0.05, 0.1) is 6.61 Å². The van der Waals surface area contributed by atoms with Gasteiger partial charge in [0.15, 0.2) is 0 Å². The van der Waals surface area contributed by atoms with Crippen molar-refractivity contribution in [1.82, 2.24) is 0 Å². The molecule has 1 unspecified atom stereocenters. The van der Waals surface area contributed by atoms with Gasteiger partial charge in [-0.25, -0.2) is 5.11 Å². The molecule has 1 atom stereocenters. The van der Waals surface area contributed by atoms with E-state index in [1.807, 2.05) is 0 Å². The van der Waals surface area contributed by atoms with Crippen molar-refractivity contribution >= 4 is 11.2 Å². The Labute approximate surface area is 138 Å². The molecule has 23 heavy (non-hydrogen) atoms.